The Kier molecular flexibility index (Phi) is 4.80. The first-order chi connectivity index (χ1) is 12.2. The summed E-state index contributed by atoms with van der Waals surface area (Å²) in [5.41, 5.74) is 3.93. The molecule has 3 N–H and O–H groups in total. The lowest BCUT2D eigenvalue weighted by Gasteiger charge is -2.25. The van der Waals surface area contributed by atoms with E-state index in [0.29, 0.717) is 13.2 Å². The molecule has 0 bridgehead atoms. The second-order valence-corrected chi connectivity index (χ2v) is 6.21. The summed E-state index contributed by atoms with van der Waals surface area (Å²) >= 11 is 0. The van der Waals surface area contributed by atoms with E-state index >= 15 is 0 Å². The third-order valence-electron chi connectivity index (χ3n) is 4.35. The minimum Gasteiger partial charge on any atom is -0.383 e. The highest BCUT2D eigenvalue weighted by atomic mass is 19.4. The molecule has 26 heavy (non-hydrogen) atoms. The van der Waals surface area contributed by atoms with Crippen LogP contribution in [0, 0.1) is 6.92 Å². The number of halogens is 3. The van der Waals surface area contributed by atoms with Gasteiger partial charge in [-0.1, -0.05) is 0 Å². The van der Waals surface area contributed by atoms with Crippen LogP contribution in [-0.4, -0.2) is 47.9 Å². The molecule has 0 spiro atoms. The summed E-state index contributed by atoms with van der Waals surface area (Å²) in [5, 5.41) is 2.04. The molecule has 1 aliphatic carbocycles. The molecule has 1 aliphatic heterocycles. The lowest BCUT2D eigenvalue weighted by Crippen LogP contribution is -2.49. The van der Waals surface area contributed by atoms with Crippen LogP contribution in [0.4, 0.5) is 19.0 Å². The number of methoxy groups -OCH3 is 1. The third-order valence-corrected chi connectivity index (χ3v) is 4.35. The largest absolute Gasteiger partial charge is 0.411 e. The van der Waals surface area contributed by atoms with E-state index in [1.807, 2.05) is 5.32 Å². The number of anilines is 1. The van der Waals surface area contributed by atoms with Crippen LogP contribution in [0.25, 0.3) is 0 Å². The van der Waals surface area contributed by atoms with E-state index in [-0.39, 0.29) is 35.7 Å². The number of carbonyl (C=O) groups is 1. The van der Waals surface area contributed by atoms with Crippen molar-refractivity contribution in [3.05, 3.63) is 17.1 Å². The highest BCUT2D eigenvalue weighted by Gasteiger charge is 2.64. The highest BCUT2D eigenvalue weighted by Crippen LogP contribution is 2.49. The van der Waals surface area contributed by atoms with Crippen molar-refractivity contribution in [2.24, 2.45) is 0 Å². The number of aryl methyl sites for hydroxylation is 1. The second-order valence-electron chi connectivity index (χ2n) is 6.21. The van der Waals surface area contributed by atoms with Gasteiger partial charge in [0.25, 0.3) is 5.91 Å². The Morgan fingerprint density at radius 3 is 2.46 bits per heavy atom. The Hall–Kier alpha value is -1.98. The van der Waals surface area contributed by atoms with Gasteiger partial charge in [-0.25, -0.2) is 9.97 Å². The Balaban J connectivity index is 1.94. The summed E-state index contributed by atoms with van der Waals surface area (Å²) in [6.07, 6.45) is -7.21. The van der Waals surface area contributed by atoms with Crippen molar-refractivity contribution in [1.82, 2.24) is 15.3 Å². The standard InChI is InChI=1S/C15H19F3N4O4/c1-7-20-9(8(11(19)21-7)13-25-5-6-26-13)10(24-2)12(23)22-14(3-4-14)15(16,17)18/h10,13H,3-6H2,1-2H3,(H,22,23)(H2,19,20,21). The molecule has 1 saturated heterocycles. The number of aromatic nitrogens is 2. The first kappa shape index (κ1) is 18.8. The van der Waals surface area contributed by atoms with Crippen molar-refractivity contribution in [1.29, 1.82) is 0 Å². The predicted molar refractivity (Wildman–Crippen MR) is 81.7 cm³/mol. The number of rotatable bonds is 5. The van der Waals surface area contributed by atoms with Gasteiger partial charge in [0.2, 0.25) is 0 Å². The maximum atomic E-state index is 13.1. The van der Waals surface area contributed by atoms with E-state index in [1.54, 1.807) is 6.92 Å². The van der Waals surface area contributed by atoms with Gasteiger partial charge in [0.1, 0.15) is 17.2 Å². The minimum atomic E-state index is -4.54. The molecule has 0 aromatic carbocycles. The van der Waals surface area contributed by atoms with E-state index in [2.05, 4.69) is 9.97 Å². The zero-order chi connectivity index (χ0) is 19.1. The normalized spacial score (nSPS) is 20.8. The van der Waals surface area contributed by atoms with Gasteiger partial charge in [-0.15, -0.1) is 0 Å². The molecular weight excluding hydrogens is 357 g/mol. The summed E-state index contributed by atoms with van der Waals surface area (Å²) in [6.45, 7) is 2.15. The van der Waals surface area contributed by atoms with Gasteiger partial charge in [-0.05, 0) is 19.8 Å². The molecule has 1 unspecified atom stereocenters. The van der Waals surface area contributed by atoms with Crippen LogP contribution < -0.4 is 11.1 Å². The fourth-order valence-corrected chi connectivity index (χ4v) is 2.84. The first-order valence-electron chi connectivity index (χ1n) is 7.97. The number of ether oxygens (including phenoxy) is 3. The topological polar surface area (TPSA) is 109 Å². The molecule has 2 fully saturated rings. The molecule has 8 nitrogen and oxygen atoms in total. The number of hydrogen-bond acceptors (Lipinski definition) is 7. The fraction of sp³-hybridized carbons (Fsp3) is 0.667. The maximum absolute atomic E-state index is 13.1. The van der Waals surface area contributed by atoms with Crippen LogP contribution in [0.15, 0.2) is 0 Å². The third kappa shape index (κ3) is 3.33. The number of hydrogen-bond donors (Lipinski definition) is 2. The Bertz CT molecular complexity index is 703. The van der Waals surface area contributed by atoms with Crippen LogP contribution in [0.2, 0.25) is 0 Å². The molecule has 11 heteroatoms. The van der Waals surface area contributed by atoms with E-state index in [0.717, 1.165) is 0 Å². The lowest BCUT2D eigenvalue weighted by atomic mass is 10.1. The molecule has 2 heterocycles. The lowest BCUT2D eigenvalue weighted by molar-refractivity contribution is -0.173. The van der Waals surface area contributed by atoms with Crippen LogP contribution >= 0.6 is 0 Å². The second kappa shape index (κ2) is 6.63. The predicted octanol–water partition coefficient (Wildman–Crippen LogP) is 1.31. The van der Waals surface area contributed by atoms with Crippen LogP contribution in [-0.2, 0) is 19.0 Å². The van der Waals surface area contributed by atoms with Gasteiger partial charge in [0.15, 0.2) is 12.4 Å². The average Bonchev–Trinajstić information content (AvgIpc) is 3.13. The van der Waals surface area contributed by atoms with E-state index < -0.39 is 30.0 Å². The molecule has 2 aliphatic rings. The van der Waals surface area contributed by atoms with Gasteiger partial charge in [-0.2, -0.15) is 13.2 Å². The molecule has 1 amide bonds. The van der Waals surface area contributed by atoms with Crippen LogP contribution in [0.3, 0.4) is 0 Å². The Morgan fingerprint density at radius 2 is 1.96 bits per heavy atom. The first-order valence-corrected chi connectivity index (χ1v) is 7.97. The van der Waals surface area contributed by atoms with Crippen LogP contribution in [0.1, 0.15) is 42.3 Å². The molecule has 0 radical (unpaired) electrons. The van der Waals surface area contributed by atoms with Crippen molar-refractivity contribution in [2.75, 3.05) is 26.1 Å². The van der Waals surface area contributed by atoms with E-state index in [9.17, 15) is 18.0 Å². The summed E-state index contributed by atoms with van der Waals surface area (Å²) < 4.78 is 55.4. The molecule has 1 atom stereocenters. The van der Waals surface area contributed by atoms with Crippen molar-refractivity contribution >= 4 is 11.7 Å². The van der Waals surface area contributed by atoms with Gasteiger partial charge < -0.3 is 25.3 Å². The fourth-order valence-electron chi connectivity index (χ4n) is 2.84. The Morgan fingerprint density at radius 1 is 1.35 bits per heavy atom. The van der Waals surface area contributed by atoms with Crippen molar-refractivity contribution < 1.29 is 32.2 Å². The highest BCUT2D eigenvalue weighted by molar-refractivity contribution is 5.83. The van der Waals surface area contributed by atoms with Crippen molar-refractivity contribution in [2.45, 2.75) is 43.9 Å². The van der Waals surface area contributed by atoms with E-state index in [4.69, 9.17) is 19.9 Å². The number of nitrogens with one attached hydrogen (secondary N) is 1. The van der Waals surface area contributed by atoms with Gasteiger partial charge in [0, 0.05) is 7.11 Å². The summed E-state index contributed by atoms with van der Waals surface area (Å²) in [4.78, 5) is 20.7. The number of carbonyl (C=O) groups excluding carboxylic acids is 1. The Labute approximate surface area is 147 Å². The molecule has 144 valence electrons. The SMILES string of the molecule is COC(C(=O)NC1(C(F)(F)F)CC1)c1nc(C)nc(N)c1C1OCCO1. The van der Waals surface area contributed by atoms with Gasteiger partial charge >= 0.3 is 6.18 Å². The number of amides is 1. The molecule has 1 aromatic heterocycles. The maximum Gasteiger partial charge on any atom is 0.411 e. The van der Waals surface area contributed by atoms with Gasteiger partial charge in [0.05, 0.1) is 24.5 Å². The number of nitrogens with zero attached hydrogens (tertiary/aromatic N) is 2. The van der Waals surface area contributed by atoms with Crippen molar-refractivity contribution in [3.63, 3.8) is 0 Å². The number of nitrogens with two attached hydrogens (primary N) is 1. The summed E-state index contributed by atoms with van der Waals surface area (Å²) in [5.74, 6) is -0.698. The quantitative estimate of drug-likeness (QED) is 0.798. The number of alkyl halides is 3. The average molecular weight is 376 g/mol. The molecule has 1 saturated carbocycles. The zero-order valence-electron chi connectivity index (χ0n) is 14.2. The molecular formula is C15H19F3N4O4. The minimum absolute atomic E-state index is 0.0196. The summed E-state index contributed by atoms with van der Waals surface area (Å²) in [6, 6.07) is 0. The molecule has 1 aromatic rings. The smallest absolute Gasteiger partial charge is 0.383 e. The van der Waals surface area contributed by atoms with Crippen molar-refractivity contribution in [3.8, 4) is 0 Å². The van der Waals surface area contributed by atoms with E-state index in [1.165, 1.54) is 7.11 Å². The summed E-state index contributed by atoms with van der Waals surface area (Å²) in [7, 11) is 1.20. The zero-order valence-corrected chi connectivity index (χ0v) is 14.2. The monoisotopic (exact) mass is 376 g/mol. The van der Waals surface area contributed by atoms with Crippen LogP contribution in [0.5, 0.6) is 0 Å². The molecule has 3 rings (SSSR count). The van der Waals surface area contributed by atoms with Gasteiger partial charge in [-0.3, -0.25) is 4.79 Å². The number of nitrogen functional groups attached to an aromatic ring is 1.